The lowest BCUT2D eigenvalue weighted by atomic mass is 9.88. The first-order chi connectivity index (χ1) is 9.54. The average molecular weight is 281 g/mol. The molecule has 0 aromatic heterocycles. The third kappa shape index (κ3) is 4.74. The van der Waals surface area contributed by atoms with Crippen molar-refractivity contribution in [3.8, 4) is 0 Å². The van der Waals surface area contributed by atoms with E-state index in [0.717, 1.165) is 51.1 Å². The fourth-order valence-corrected chi connectivity index (χ4v) is 3.38. The fourth-order valence-electron chi connectivity index (χ4n) is 3.38. The zero-order valence-corrected chi connectivity index (χ0v) is 13.5. The summed E-state index contributed by atoms with van der Waals surface area (Å²) in [7, 11) is 2.15. The van der Waals surface area contributed by atoms with Gasteiger partial charge in [0.2, 0.25) is 5.91 Å². The Kier molecular flexibility index (Phi) is 5.85. The predicted molar refractivity (Wildman–Crippen MR) is 82.7 cm³/mol. The maximum absolute atomic E-state index is 12.3. The Morgan fingerprint density at radius 3 is 2.20 bits per heavy atom. The van der Waals surface area contributed by atoms with Crippen molar-refractivity contribution in [2.75, 3.05) is 52.9 Å². The molecule has 20 heavy (non-hydrogen) atoms. The van der Waals surface area contributed by atoms with Crippen LogP contribution in [0.4, 0.5) is 0 Å². The zero-order valence-electron chi connectivity index (χ0n) is 13.5. The number of hydrogen-bond donors (Lipinski definition) is 0. The van der Waals surface area contributed by atoms with E-state index in [2.05, 4.69) is 35.6 Å². The number of likely N-dealkylation sites (N-methyl/N-ethyl adjacent to an activating group) is 1. The third-order valence-corrected chi connectivity index (χ3v) is 4.73. The van der Waals surface area contributed by atoms with Crippen LogP contribution < -0.4 is 0 Å². The van der Waals surface area contributed by atoms with E-state index < -0.39 is 0 Å². The quantitative estimate of drug-likeness (QED) is 0.782. The molecule has 0 spiro atoms. The summed E-state index contributed by atoms with van der Waals surface area (Å²) in [5.41, 5.74) is 0. The zero-order chi connectivity index (χ0) is 14.5. The van der Waals surface area contributed by atoms with Gasteiger partial charge in [0.15, 0.2) is 0 Å². The summed E-state index contributed by atoms with van der Waals surface area (Å²) in [6.07, 6.45) is 3.72. The van der Waals surface area contributed by atoms with Crippen LogP contribution in [-0.4, -0.2) is 73.5 Å². The maximum Gasteiger partial charge on any atom is 0.236 e. The fraction of sp³-hybridized carbons (Fsp3) is 0.938. The number of nitrogens with zero attached hydrogens (tertiary/aromatic N) is 3. The lowest BCUT2D eigenvalue weighted by molar-refractivity contribution is -0.134. The SMILES string of the molecule is CC(C)CC1CCN(C(=O)CN2CCN(C)CC2)CC1. The van der Waals surface area contributed by atoms with Gasteiger partial charge in [0.25, 0.3) is 0 Å². The molecule has 0 radical (unpaired) electrons. The highest BCUT2D eigenvalue weighted by Crippen LogP contribution is 2.24. The molecule has 116 valence electrons. The van der Waals surface area contributed by atoms with E-state index >= 15 is 0 Å². The lowest BCUT2D eigenvalue weighted by Gasteiger charge is -2.36. The molecule has 0 aliphatic carbocycles. The molecule has 2 fully saturated rings. The number of piperidine rings is 1. The minimum atomic E-state index is 0.345. The van der Waals surface area contributed by atoms with Gasteiger partial charge in [0, 0.05) is 39.3 Å². The number of carbonyl (C=O) groups is 1. The third-order valence-electron chi connectivity index (χ3n) is 4.73. The van der Waals surface area contributed by atoms with Crippen LogP contribution in [0.1, 0.15) is 33.1 Å². The second-order valence-electron chi connectivity index (χ2n) is 7.03. The van der Waals surface area contributed by atoms with Gasteiger partial charge in [-0.1, -0.05) is 13.8 Å². The van der Waals surface area contributed by atoms with Gasteiger partial charge in [-0.25, -0.2) is 0 Å². The molecule has 2 aliphatic rings. The largest absolute Gasteiger partial charge is 0.342 e. The normalized spacial score (nSPS) is 23.5. The molecular formula is C16H31N3O. The first-order valence-corrected chi connectivity index (χ1v) is 8.23. The molecule has 0 N–H and O–H groups in total. The molecule has 2 rings (SSSR count). The number of amides is 1. The molecule has 2 aliphatic heterocycles. The molecule has 0 aromatic carbocycles. The molecule has 0 atom stereocenters. The minimum absolute atomic E-state index is 0.345. The Balaban J connectivity index is 1.69. The Bertz CT molecular complexity index is 303. The van der Waals surface area contributed by atoms with Crippen LogP contribution in [0.3, 0.4) is 0 Å². The Labute approximate surface area is 124 Å². The second kappa shape index (κ2) is 7.41. The van der Waals surface area contributed by atoms with Crippen molar-refractivity contribution in [3.05, 3.63) is 0 Å². The van der Waals surface area contributed by atoms with Gasteiger partial charge < -0.3 is 9.80 Å². The summed E-state index contributed by atoms with van der Waals surface area (Å²) in [4.78, 5) is 19.1. The van der Waals surface area contributed by atoms with Crippen molar-refractivity contribution in [2.24, 2.45) is 11.8 Å². The number of hydrogen-bond acceptors (Lipinski definition) is 3. The molecular weight excluding hydrogens is 250 g/mol. The van der Waals surface area contributed by atoms with Gasteiger partial charge in [-0.15, -0.1) is 0 Å². The summed E-state index contributed by atoms with van der Waals surface area (Å²) in [5, 5.41) is 0. The first-order valence-electron chi connectivity index (χ1n) is 8.23. The van der Waals surface area contributed by atoms with E-state index in [1.807, 2.05) is 0 Å². The van der Waals surface area contributed by atoms with Crippen molar-refractivity contribution in [2.45, 2.75) is 33.1 Å². The van der Waals surface area contributed by atoms with Crippen LogP contribution >= 0.6 is 0 Å². The van der Waals surface area contributed by atoms with Gasteiger partial charge >= 0.3 is 0 Å². The smallest absolute Gasteiger partial charge is 0.236 e. The molecule has 2 saturated heterocycles. The van der Waals surface area contributed by atoms with Crippen LogP contribution in [-0.2, 0) is 4.79 Å². The molecule has 0 bridgehead atoms. The molecule has 2 heterocycles. The van der Waals surface area contributed by atoms with Crippen LogP contribution in [0.15, 0.2) is 0 Å². The predicted octanol–water partition coefficient (Wildman–Crippen LogP) is 1.52. The summed E-state index contributed by atoms with van der Waals surface area (Å²) in [6.45, 7) is 11.4. The molecule has 0 unspecified atom stereocenters. The van der Waals surface area contributed by atoms with Crippen LogP contribution in [0.25, 0.3) is 0 Å². The monoisotopic (exact) mass is 281 g/mol. The Morgan fingerprint density at radius 1 is 1.05 bits per heavy atom. The van der Waals surface area contributed by atoms with Gasteiger partial charge in [0.1, 0.15) is 0 Å². The van der Waals surface area contributed by atoms with Crippen molar-refractivity contribution in [1.29, 1.82) is 0 Å². The van der Waals surface area contributed by atoms with E-state index in [-0.39, 0.29) is 0 Å². The molecule has 0 saturated carbocycles. The number of rotatable bonds is 4. The highest BCUT2D eigenvalue weighted by atomic mass is 16.2. The number of piperazine rings is 1. The van der Waals surface area contributed by atoms with Gasteiger partial charge in [-0.2, -0.15) is 0 Å². The van der Waals surface area contributed by atoms with Crippen molar-refractivity contribution in [3.63, 3.8) is 0 Å². The van der Waals surface area contributed by atoms with Crippen molar-refractivity contribution < 1.29 is 4.79 Å². The minimum Gasteiger partial charge on any atom is -0.342 e. The van der Waals surface area contributed by atoms with E-state index in [1.165, 1.54) is 19.3 Å². The summed E-state index contributed by atoms with van der Waals surface area (Å²) in [5.74, 6) is 1.97. The van der Waals surface area contributed by atoms with Crippen molar-refractivity contribution in [1.82, 2.24) is 14.7 Å². The highest BCUT2D eigenvalue weighted by Gasteiger charge is 2.25. The number of carbonyl (C=O) groups excluding carboxylic acids is 1. The van der Waals surface area contributed by atoms with Gasteiger partial charge in [-0.3, -0.25) is 9.69 Å². The summed E-state index contributed by atoms with van der Waals surface area (Å²) in [6, 6.07) is 0. The van der Waals surface area contributed by atoms with Crippen LogP contribution in [0.2, 0.25) is 0 Å². The lowest BCUT2D eigenvalue weighted by Crippen LogP contribution is -2.50. The number of likely N-dealkylation sites (tertiary alicyclic amines) is 1. The van der Waals surface area contributed by atoms with Crippen LogP contribution in [0, 0.1) is 11.8 Å². The molecule has 1 amide bonds. The van der Waals surface area contributed by atoms with Crippen LogP contribution in [0.5, 0.6) is 0 Å². The molecule has 4 heteroatoms. The highest BCUT2D eigenvalue weighted by molar-refractivity contribution is 5.78. The first kappa shape index (κ1) is 15.8. The van der Waals surface area contributed by atoms with E-state index in [4.69, 9.17) is 0 Å². The maximum atomic E-state index is 12.3. The summed E-state index contributed by atoms with van der Waals surface area (Å²) < 4.78 is 0. The average Bonchev–Trinajstić information content (AvgIpc) is 2.41. The second-order valence-corrected chi connectivity index (χ2v) is 7.03. The van der Waals surface area contributed by atoms with Crippen molar-refractivity contribution >= 4 is 5.91 Å². The van der Waals surface area contributed by atoms with E-state index in [1.54, 1.807) is 0 Å². The van der Waals surface area contributed by atoms with E-state index in [0.29, 0.717) is 12.5 Å². The molecule has 0 aromatic rings. The Hall–Kier alpha value is -0.610. The Morgan fingerprint density at radius 2 is 1.65 bits per heavy atom. The summed E-state index contributed by atoms with van der Waals surface area (Å²) >= 11 is 0. The topological polar surface area (TPSA) is 26.8 Å². The van der Waals surface area contributed by atoms with Gasteiger partial charge in [-0.05, 0) is 38.1 Å². The van der Waals surface area contributed by atoms with E-state index in [9.17, 15) is 4.79 Å². The standard InChI is InChI=1S/C16H31N3O/c1-14(2)12-15-4-6-19(7-5-15)16(20)13-18-10-8-17(3)9-11-18/h14-15H,4-13H2,1-3H3. The van der Waals surface area contributed by atoms with Gasteiger partial charge in [0.05, 0.1) is 6.54 Å². The molecule has 4 nitrogen and oxygen atoms in total.